The van der Waals surface area contributed by atoms with Crippen molar-refractivity contribution in [3.63, 3.8) is 0 Å². The van der Waals surface area contributed by atoms with Gasteiger partial charge in [-0.15, -0.1) is 0 Å². The van der Waals surface area contributed by atoms with Gasteiger partial charge in [0, 0.05) is 12.4 Å². The number of hydrazine groups is 1. The monoisotopic (exact) mass is 269 g/mol. The van der Waals surface area contributed by atoms with Gasteiger partial charge in [0.25, 0.3) is 0 Å². The number of rotatable bonds is 5. The fourth-order valence-electron chi connectivity index (χ4n) is 2.32. The first kappa shape index (κ1) is 14.7. The Morgan fingerprint density at radius 1 is 1.10 bits per heavy atom. The van der Waals surface area contributed by atoms with Crippen molar-refractivity contribution in [1.82, 2.24) is 10.4 Å². The molecular formula is C17H23N3. The zero-order valence-corrected chi connectivity index (χ0v) is 12.4. The van der Waals surface area contributed by atoms with Crippen LogP contribution in [-0.2, 0) is 6.42 Å². The minimum atomic E-state index is 0.0901. The van der Waals surface area contributed by atoms with E-state index in [1.807, 2.05) is 19.3 Å². The Labute approximate surface area is 121 Å². The summed E-state index contributed by atoms with van der Waals surface area (Å²) in [4.78, 5) is 4.24. The number of hydrogen-bond acceptors (Lipinski definition) is 3. The molecule has 0 bridgehead atoms. The lowest BCUT2D eigenvalue weighted by Crippen LogP contribution is -2.29. The van der Waals surface area contributed by atoms with Gasteiger partial charge in [-0.05, 0) is 41.5 Å². The first-order valence-corrected chi connectivity index (χ1v) is 7.06. The maximum absolute atomic E-state index is 5.70. The van der Waals surface area contributed by atoms with Crippen molar-refractivity contribution < 1.29 is 0 Å². The van der Waals surface area contributed by atoms with Crippen LogP contribution in [0.1, 0.15) is 48.1 Å². The van der Waals surface area contributed by atoms with Crippen LogP contribution in [0.15, 0.2) is 42.7 Å². The number of nitrogens with zero attached hydrogens (tertiary/aromatic N) is 1. The van der Waals surface area contributed by atoms with E-state index < -0.39 is 0 Å². The van der Waals surface area contributed by atoms with Gasteiger partial charge in [0.1, 0.15) is 0 Å². The van der Waals surface area contributed by atoms with Crippen LogP contribution in [0.4, 0.5) is 0 Å². The van der Waals surface area contributed by atoms with Gasteiger partial charge in [-0.1, -0.05) is 44.2 Å². The molecule has 106 valence electrons. The van der Waals surface area contributed by atoms with Crippen LogP contribution >= 0.6 is 0 Å². The van der Waals surface area contributed by atoms with E-state index in [-0.39, 0.29) is 6.04 Å². The second kappa shape index (κ2) is 6.64. The highest BCUT2D eigenvalue weighted by Gasteiger charge is 2.11. The quantitative estimate of drug-likeness (QED) is 0.647. The van der Waals surface area contributed by atoms with Crippen LogP contribution < -0.4 is 11.3 Å². The lowest BCUT2D eigenvalue weighted by molar-refractivity contribution is 0.550. The van der Waals surface area contributed by atoms with Gasteiger partial charge in [0.15, 0.2) is 0 Å². The maximum Gasteiger partial charge on any atom is 0.0515 e. The molecule has 0 aliphatic carbocycles. The van der Waals surface area contributed by atoms with E-state index in [0.29, 0.717) is 5.92 Å². The number of hydrogen-bond donors (Lipinski definition) is 2. The Morgan fingerprint density at radius 2 is 1.80 bits per heavy atom. The topological polar surface area (TPSA) is 50.9 Å². The van der Waals surface area contributed by atoms with Gasteiger partial charge in [-0.25, -0.2) is 0 Å². The third-order valence-electron chi connectivity index (χ3n) is 3.59. The molecule has 0 aliphatic rings. The normalized spacial score (nSPS) is 12.7. The zero-order chi connectivity index (χ0) is 14.5. The summed E-state index contributed by atoms with van der Waals surface area (Å²) < 4.78 is 0. The smallest absolute Gasteiger partial charge is 0.0515 e. The van der Waals surface area contributed by atoms with Gasteiger partial charge in [-0.2, -0.15) is 0 Å². The van der Waals surface area contributed by atoms with Crippen LogP contribution in [0.2, 0.25) is 0 Å². The number of aryl methyl sites for hydroxylation is 1. The average molecular weight is 269 g/mol. The Kier molecular flexibility index (Phi) is 4.88. The molecule has 0 saturated heterocycles. The lowest BCUT2D eigenvalue weighted by Gasteiger charge is -2.17. The van der Waals surface area contributed by atoms with Crippen LogP contribution in [0.5, 0.6) is 0 Å². The summed E-state index contributed by atoms with van der Waals surface area (Å²) in [6.45, 7) is 6.46. The molecule has 0 fully saturated rings. The van der Waals surface area contributed by atoms with Crippen molar-refractivity contribution >= 4 is 0 Å². The van der Waals surface area contributed by atoms with E-state index in [0.717, 1.165) is 17.5 Å². The minimum absolute atomic E-state index is 0.0901. The third kappa shape index (κ3) is 3.65. The summed E-state index contributed by atoms with van der Waals surface area (Å²) in [5, 5.41) is 0. The fraction of sp³-hybridized carbons (Fsp3) is 0.353. The van der Waals surface area contributed by atoms with Crippen LogP contribution in [0, 0.1) is 6.92 Å². The summed E-state index contributed by atoms with van der Waals surface area (Å²) in [7, 11) is 0. The molecule has 3 nitrogen and oxygen atoms in total. The number of nitrogens with two attached hydrogens (primary N) is 1. The number of pyridine rings is 1. The molecule has 1 aromatic heterocycles. The van der Waals surface area contributed by atoms with Gasteiger partial charge in [0.05, 0.1) is 6.04 Å². The van der Waals surface area contributed by atoms with Crippen LogP contribution in [-0.4, -0.2) is 4.98 Å². The van der Waals surface area contributed by atoms with Gasteiger partial charge in [-0.3, -0.25) is 16.3 Å². The molecule has 0 radical (unpaired) electrons. The third-order valence-corrected chi connectivity index (χ3v) is 3.59. The standard InChI is InChI=1S/C17H23N3/c1-12(2)15-6-4-14(5-7-15)9-17(20-18)16-8-13(3)10-19-11-16/h4-8,10-12,17,20H,9,18H2,1-3H3. The van der Waals surface area contributed by atoms with E-state index in [1.54, 1.807) is 0 Å². The van der Waals surface area contributed by atoms with E-state index in [1.165, 1.54) is 11.1 Å². The fourth-order valence-corrected chi connectivity index (χ4v) is 2.32. The van der Waals surface area contributed by atoms with Crippen molar-refractivity contribution in [2.24, 2.45) is 5.84 Å². The van der Waals surface area contributed by atoms with Crippen LogP contribution in [0.25, 0.3) is 0 Å². The summed E-state index contributed by atoms with van der Waals surface area (Å²) in [6, 6.07) is 11.0. The highest BCUT2D eigenvalue weighted by atomic mass is 15.2. The maximum atomic E-state index is 5.70. The molecule has 1 atom stereocenters. The Hall–Kier alpha value is -1.71. The molecule has 0 spiro atoms. The Bertz CT molecular complexity index is 546. The molecular weight excluding hydrogens is 246 g/mol. The van der Waals surface area contributed by atoms with Crippen molar-refractivity contribution in [3.05, 3.63) is 65.0 Å². The summed E-state index contributed by atoms with van der Waals surface area (Å²) in [5.74, 6) is 6.27. The van der Waals surface area contributed by atoms with Gasteiger partial charge >= 0.3 is 0 Å². The molecule has 3 N–H and O–H groups in total. The SMILES string of the molecule is Cc1cncc(C(Cc2ccc(C(C)C)cc2)NN)c1. The summed E-state index contributed by atoms with van der Waals surface area (Å²) >= 11 is 0. The average Bonchev–Trinajstić information content (AvgIpc) is 2.45. The van der Waals surface area contributed by atoms with Gasteiger partial charge < -0.3 is 0 Å². The molecule has 1 heterocycles. The molecule has 1 aromatic carbocycles. The summed E-state index contributed by atoms with van der Waals surface area (Å²) in [5.41, 5.74) is 7.81. The molecule has 3 heteroatoms. The van der Waals surface area contributed by atoms with Crippen molar-refractivity contribution in [3.8, 4) is 0 Å². The first-order valence-electron chi connectivity index (χ1n) is 7.06. The second-order valence-corrected chi connectivity index (χ2v) is 5.62. The number of nitrogens with one attached hydrogen (secondary N) is 1. The molecule has 0 saturated carbocycles. The van der Waals surface area contributed by atoms with E-state index in [2.05, 4.69) is 54.6 Å². The molecule has 0 amide bonds. The Morgan fingerprint density at radius 3 is 2.35 bits per heavy atom. The predicted octanol–water partition coefficient (Wildman–Crippen LogP) is 3.26. The largest absolute Gasteiger partial charge is 0.271 e. The molecule has 20 heavy (non-hydrogen) atoms. The van der Waals surface area contributed by atoms with E-state index in [9.17, 15) is 0 Å². The minimum Gasteiger partial charge on any atom is -0.271 e. The van der Waals surface area contributed by atoms with E-state index >= 15 is 0 Å². The molecule has 0 aliphatic heterocycles. The van der Waals surface area contributed by atoms with Crippen molar-refractivity contribution in [2.45, 2.75) is 39.2 Å². The first-order chi connectivity index (χ1) is 9.60. The second-order valence-electron chi connectivity index (χ2n) is 5.62. The highest BCUT2D eigenvalue weighted by Crippen LogP contribution is 2.20. The number of benzene rings is 1. The number of aromatic nitrogens is 1. The van der Waals surface area contributed by atoms with Gasteiger partial charge in [0.2, 0.25) is 0 Å². The zero-order valence-electron chi connectivity index (χ0n) is 12.4. The molecule has 2 aromatic rings. The molecule has 1 unspecified atom stereocenters. The van der Waals surface area contributed by atoms with Crippen molar-refractivity contribution in [1.29, 1.82) is 0 Å². The Balaban J connectivity index is 2.14. The lowest BCUT2D eigenvalue weighted by atomic mass is 9.97. The predicted molar refractivity (Wildman–Crippen MR) is 83.3 cm³/mol. The highest BCUT2D eigenvalue weighted by molar-refractivity contribution is 5.28. The van der Waals surface area contributed by atoms with E-state index in [4.69, 9.17) is 5.84 Å². The van der Waals surface area contributed by atoms with Crippen molar-refractivity contribution in [2.75, 3.05) is 0 Å². The summed E-state index contributed by atoms with van der Waals surface area (Å²) in [6.07, 6.45) is 4.59. The van der Waals surface area contributed by atoms with Crippen LogP contribution in [0.3, 0.4) is 0 Å². The molecule has 2 rings (SSSR count).